The second-order valence-electron chi connectivity index (χ2n) is 4.64. The van der Waals surface area contributed by atoms with Crippen molar-refractivity contribution in [1.29, 1.82) is 0 Å². The molecule has 0 fully saturated rings. The standard InChI is InChI=1S/C10H13F3N6OS/c1-5(2)7-14-8(20-16-7)6(3)21-9-15-17-18-19(9)4-10(11,12)13/h5-6H,4H2,1-3H3. The molecule has 0 aliphatic rings. The van der Waals surface area contributed by atoms with E-state index in [9.17, 15) is 13.2 Å². The zero-order valence-corrected chi connectivity index (χ0v) is 12.3. The number of nitrogens with zero attached hydrogens (tertiary/aromatic N) is 6. The zero-order chi connectivity index (χ0) is 15.6. The molecule has 0 N–H and O–H groups in total. The maximum Gasteiger partial charge on any atom is 0.408 e. The first-order valence-corrected chi connectivity index (χ1v) is 6.97. The number of tetrazole rings is 1. The van der Waals surface area contributed by atoms with Gasteiger partial charge in [-0.25, -0.2) is 4.68 Å². The number of hydrogen-bond acceptors (Lipinski definition) is 7. The van der Waals surface area contributed by atoms with Crippen LogP contribution in [-0.4, -0.2) is 36.5 Å². The van der Waals surface area contributed by atoms with Crippen molar-refractivity contribution in [2.45, 2.75) is 49.8 Å². The molecule has 0 spiro atoms. The third kappa shape index (κ3) is 4.16. The van der Waals surface area contributed by atoms with Crippen LogP contribution in [0.2, 0.25) is 0 Å². The summed E-state index contributed by atoms with van der Waals surface area (Å²) in [4.78, 5) is 4.20. The molecule has 0 aliphatic heterocycles. The first-order valence-electron chi connectivity index (χ1n) is 6.09. The minimum Gasteiger partial charge on any atom is -0.338 e. The zero-order valence-electron chi connectivity index (χ0n) is 11.5. The highest BCUT2D eigenvalue weighted by atomic mass is 32.2. The third-order valence-corrected chi connectivity index (χ3v) is 3.49. The van der Waals surface area contributed by atoms with Gasteiger partial charge in [0, 0.05) is 5.92 Å². The Morgan fingerprint density at radius 1 is 1.29 bits per heavy atom. The maximum atomic E-state index is 12.4. The molecule has 1 atom stereocenters. The van der Waals surface area contributed by atoms with Gasteiger partial charge in [-0.15, -0.1) is 5.10 Å². The lowest BCUT2D eigenvalue weighted by atomic mass is 10.2. The summed E-state index contributed by atoms with van der Waals surface area (Å²) in [5, 5.41) is 13.7. The highest BCUT2D eigenvalue weighted by molar-refractivity contribution is 7.99. The summed E-state index contributed by atoms with van der Waals surface area (Å²) < 4.78 is 42.9. The quantitative estimate of drug-likeness (QED) is 0.782. The van der Waals surface area contributed by atoms with Crippen LogP contribution in [0.4, 0.5) is 13.2 Å². The molecule has 0 amide bonds. The predicted octanol–water partition coefficient (Wildman–Crippen LogP) is 2.60. The van der Waals surface area contributed by atoms with Crippen LogP contribution in [0, 0.1) is 0 Å². The van der Waals surface area contributed by atoms with E-state index in [1.165, 1.54) is 0 Å². The maximum absolute atomic E-state index is 12.4. The van der Waals surface area contributed by atoms with Crippen molar-refractivity contribution in [2.24, 2.45) is 0 Å². The topological polar surface area (TPSA) is 82.5 Å². The Morgan fingerprint density at radius 3 is 2.57 bits per heavy atom. The predicted molar refractivity (Wildman–Crippen MR) is 66.5 cm³/mol. The fourth-order valence-corrected chi connectivity index (χ4v) is 2.22. The number of alkyl halides is 3. The smallest absolute Gasteiger partial charge is 0.338 e. The van der Waals surface area contributed by atoms with E-state index in [2.05, 4.69) is 25.7 Å². The fourth-order valence-electron chi connectivity index (χ4n) is 1.41. The van der Waals surface area contributed by atoms with Gasteiger partial charge in [-0.3, -0.25) is 0 Å². The minimum absolute atomic E-state index is 0.0455. The second kappa shape index (κ2) is 6.00. The van der Waals surface area contributed by atoms with E-state index >= 15 is 0 Å². The van der Waals surface area contributed by atoms with E-state index < -0.39 is 12.7 Å². The van der Waals surface area contributed by atoms with Crippen LogP contribution in [0.25, 0.3) is 0 Å². The Bertz CT molecular complexity index is 596. The van der Waals surface area contributed by atoms with Crippen LogP contribution < -0.4 is 0 Å². The summed E-state index contributed by atoms with van der Waals surface area (Å²) in [7, 11) is 0. The molecule has 0 aromatic carbocycles. The number of hydrogen-bond donors (Lipinski definition) is 0. The average Bonchev–Trinajstić information content (AvgIpc) is 2.97. The van der Waals surface area contributed by atoms with Gasteiger partial charge in [0.05, 0.1) is 5.25 Å². The highest BCUT2D eigenvalue weighted by Crippen LogP contribution is 2.33. The SMILES string of the molecule is CC(C)c1noc(C(C)Sc2nnnn2CC(F)(F)F)n1. The van der Waals surface area contributed by atoms with E-state index in [0.29, 0.717) is 16.4 Å². The molecule has 0 saturated heterocycles. The Morgan fingerprint density at radius 2 is 2.00 bits per heavy atom. The van der Waals surface area contributed by atoms with Gasteiger partial charge in [-0.05, 0) is 17.4 Å². The van der Waals surface area contributed by atoms with Crippen LogP contribution in [-0.2, 0) is 6.54 Å². The summed E-state index contributed by atoms with van der Waals surface area (Å²) in [6, 6.07) is 0. The molecular formula is C10H13F3N6OS. The van der Waals surface area contributed by atoms with Crippen molar-refractivity contribution >= 4 is 11.8 Å². The molecule has 21 heavy (non-hydrogen) atoms. The van der Waals surface area contributed by atoms with Crippen LogP contribution >= 0.6 is 11.8 Å². The summed E-state index contributed by atoms with van der Waals surface area (Å²) in [5.41, 5.74) is 0. The van der Waals surface area contributed by atoms with Gasteiger partial charge < -0.3 is 4.52 Å². The van der Waals surface area contributed by atoms with Crippen molar-refractivity contribution in [2.75, 3.05) is 0 Å². The van der Waals surface area contributed by atoms with Gasteiger partial charge in [-0.1, -0.05) is 30.8 Å². The van der Waals surface area contributed by atoms with Crippen LogP contribution in [0.15, 0.2) is 9.68 Å². The van der Waals surface area contributed by atoms with Gasteiger partial charge in [0.2, 0.25) is 11.0 Å². The lowest BCUT2D eigenvalue weighted by Gasteiger charge is -2.09. The average molecular weight is 322 g/mol. The fraction of sp³-hybridized carbons (Fsp3) is 0.700. The van der Waals surface area contributed by atoms with E-state index in [0.717, 1.165) is 11.8 Å². The Balaban J connectivity index is 2.09. The Labute approximate surface area is 122 Å². The molecular weight excluding hydrogens is 309 g/mol. The second-order valence-corrected chi connectivity index (χ2v) is 5.95. The molecule has 1 unspecified atom stereocenters. The van der Waals surface area contributed by atoms with Crippen molar-refractivity contribution in [3.05, 3.63) is 11.7 Å². The molecule has 2 aromatic rings. The van der Waals surface area contributed by atoms with Crippen LogP contribution in [0.3, 0.4) is 0 Å². The summed E-state index contributed by atoms with van der Waals surface area (Å²) in [6.07, 6.45) is -4.39. The highest BCUT2D eigenvalue weighted by Gasteiger charge is 2.31. The molecule has 2 aromatic heterocycles. The lowest BCUT2D eigenvalue weighted by molar-refractivity contribution is -0.144. The molecule has 0 radical (unpaired) electrons. The normalized spacial score (nSPS) is 13.9. The monoisotopic (exact) mass is 322 g/mol. The van der Waals surface area contributed by atoms with Crippen molar-refractivity contribution in [3.8, 4) is 0 Å². The number of thioether (sulfide) groups is 1. The molecule has 116 valence electrons. The van der Waals surface area contributed by atoms with E-state index in [4.69, 9.17) is 4.52 Å². The van der Waals surface area contributed by atoms with Crippen molar-refractivity contribution in [3.63, 3.8) is 0 Å². The van der Waals surface area contributed by atoms with E-state index in [1.807, 2.05) is 13.8 Å². The van der Waals surface area contributed by atoms with Crippen molar-refractivity contribution < 1.29 is 17.7 Å². The number of halogens is 3. The molecule has 2 heterocycles. The van der Waals surface area contributed by atoms with Crippen LogP contribution in [0.5, 0.6) is 0 Å². The Kier molecular flexibility index (Phi) is 4.49. The van der Waals surface area contributed by atoms with Crippen LogP contribution in [0.1, 0.15) is 43.7 Å². The summed E-state index contributed by atoms with van der Waals surface area (Å²) in [5.74, 6) is 0.979. The van der Waals surface area contributed by atoms with Gasteiger partial charge in [-0.2, -0.15) is 18.2 Å². The minimum atomic E-state index is -4.39. The van der Waals surface area contributed by atoms with Crippen molar-refractivity contribution in [1.82, 2.24) is 30.3 Å². The van der Waals surface area contributed by atoms with E-state index in [1.54, 1.807) is 6.92 Å². The number of aromatic nitrogens is 6. The summed E-state index contributed by atoms with van der Waals surface area (Å²) in [6.45, 7) is 4.32. The Hall–Kier alpha value is -1.65. The van der Waals surface area contributed by atoms with Gasteiger partial charge >= 0.3 is 6.18 Å². The molecule has 7 nitrogen and oxygen atoms in total. The molecule has 2 rings (SSSR count). The molecule has 0 bridgehead atoms. The van der Waals surface area contributed by atoms with Gasteiger partial charge in [0.15, 0.2) is 5.82 Å². The van der Waals surface area contributed by atoms with E-state index in [-0.39, 0.29) is 16.3 Å². The molecule has 0 saturated carbocycles. The first-order chi connectivity index (χ1) is 9.76. The van der Waals surface area contributed by atoms with Gasteiger partial charge in [0.25, 0.3) is 0 Å². The molecule has 11 heteroatoms. The molecule has 0 aliphatic carbocycles. The van der Waals surface area contributed by atoms with Gasteiger partial charge in [0.1, 0.15) is 6.54 Å². The lowest BCUT2D eigenvalue weighted by Crippen LogP contribution is -2.19. The summed E-state index contributed by atoms with van der Waals surface area (Å²) >= 11 is 1.03. The first kappa shape index (κ1) is 15.7. The largest absolute Gasteiger partial charge is 0.408 e. The number of rotatable bonds is 5. The third-order valence-electron chi connectivity index (χ3n) is 2.43.